The monoisotopic (exact) mass is 546 g/mol. The lowest BCUT2D eigenvalue weighted by Crippen LogP contribution is -2.52. The number of amides is 2. The molecule has 2 aromatic carbocycles. The third-order valence-corrected chi connectivity index (χ3v) is 8.81. The van der Waals surface area contributed by atoms with Crippen LogP contribution in [-0.4, -0.2) is 58.0 Å². The normalized spacial score (nSPS) is 23.1. The first-order chi connectivity index (χ1) is 19.1. The van der Waals surface area contributed by atoms with E-state index in [-0.39, 0.29) is 50.0 Å². The van der Waals surface area contributed by atoms with Gasteiger partial charge in [0.05, 0.1) is 18.1 Å². The molecule has 40 heavy (non-hydrogen) atoms. The van der Waals surface area contributed by atoms with Crippen molar-refractivity contribution in [3.8, 4) is 0 Å². The van der Waals surface area contributed by atoms with Gasteiger partial charge in [0, 0.05) is 36.1 Å². The van der Waals surface area contributed by atoms with Crippen molar-refractivity contribution in [3.63, 3.8) is 0 Å². The van der Waals surface area contributed by atoms with Gasteiger partial charge in [0.15, 0.2) is 0 Å². The number of likely N-dealkylation sites (tertiary alicyclic amines) is 2. The molecule has 3 N–H and O–H groups in total. The van der Waals surface area contributed by atoms with Gasteiger partial charge in [-0.3, -0.25) is 4.79 Å². The third kappa shape index (κ3) is 5.75. The van der Waals surface area contributed by atoms with Crippen molar-refractivity contribution in [3.05, 3.63) is 71.9 Å². The number of ether oxygens (including phenoxy) is 1. The van der Waals surface area contributed by atoms with Crippen LogP contribution >= 0.6 is 0 Å². The molecule has 1 aromatic heterocycles. The summed E-state index contributed by atoms with van der Waals surface area (Å²) in [6, 6.07) is 17.3. The van der Waals surface area contributed by atoms with Crippen LogP contribution in [-0.2, 0) is 16.1 Å². The largest absolute Gasteiger partial charge is 0.445 e. The number of benzene rings is 2. The van der Waals surface area contributed by atoms with Gasteiger partial charge in [-0.25, -0.2) is 4.79 Å². The van der Waals surface area contributed by atoms with Gasteiger partial charge in [-0.15, -0.1) is 0 Å². The van der Waals surface area contributed by atoms with Gasteiger partial charge in [-0.1, -0.05) is 89.1 Å². The van der Waals surface area contributed by atoms with E-state index < -0.39 is 6.04 Å². The fourth-order valence-corrected chi connectivity index (χ4v) is 6.92. The molecule has 7 heteroatoms. The number of hydrogen-bond donors (Lipinski definition) is 2. The standard InChI is InChI=1S/C30H36N4O3.C2H6.CH4/c31-27(21-11-5-2-6-12-21)29(35)33-16-15-26-28(33)24(23-17-32-25-14-8-7-13-22(23)25)18-34(26)30(36)37-19-20-9-3-1-4-10-20;1-2;/h1,3-4,7-10,13-14,17,21,24,26-28,32H,2,5-6,11-12,15-16,18-19,31H2;1-2H3;1H4/t24-,26?,27?,28?;;/m1../s1. The summed E-state index contributed by atoms with van der Waals surface area (Å²) in [7, 11) is 0. The zero-order chi connectivity index (χ0) is 27.4. The maximum atomic E-state index is 13.8. The number of nitrogens with one attached hydrogen (secondary N) is 1. The molecule has 4 atom stereocenters. The molecule has 2 aliphatic heterocycles. The lowest BCUT2D eigenvalue weighted by Gasteiger charge is -2.34. The molecule has 3 fully saturated rings. The number of aromatic nitrogens is 1. The van der Waals surface area contributed by atoms with Crippen LogP contribution < -0.4 is 5.73 Å². The minimum absolute atomic E-state index is 0. The Bertz CT molecular complexity index is 1250. The lowest BCUT2D eigenvalue weighted by molar-refractivity contribution is -0.135. The molecule has 0 bridgehead atoms. The summed E-state index contributed by atoms with van der Waals surface area (Å²) in [5.41, 5.74) is 9.78. The molecular weight excluding hydrogens is 500 g/mol. The molecular formula is C33H46N4O3. The zero-order valence-electron chi connectivity index (χ0n) is 23.2. The van der Waals surface area contributed by atoms with E-state index in [1.165, 1.54) is 6.42 Å². The highest BCUT2D eigenvalue weighted by Crippen LogP contribution is 2.44. The number of rotatable bonds is 5. The predicted molar refractivity (Wildman–Crippen MR) is 161 cm³/mol. The van der Waals surface area contributed by atoms with E-state index >= 15 is 0 Å². The smallest absolute Gasteiger partial charge is 0.410 e. The molecule has 1 aliphatic carbocycles. The highest BCUT2D eigenvalue weighted by Gasteiger charge is 2.53. The SMILES string of the molecule is C.CC.NC(C(=O)N1CCC2C1[C@@H](c1c[nH]c3ccccc13)CN2C(=O)OCc1ccccc1)C1CCCCC1. The number of nitrogens with two attached hydrogens (primary N) is 1. The minimum Gasteiger partial charge on any atom is -0.445 e. The molecule has 3 aromatic rings. The van der Waals surface area contributed by atoms with E-state index in [9.17, 15) is 9.59 Å². The van der Waals surface area contributed by atoms with Crippen molar-refractivity contribution in [1.82, 2.24) is 14.8 Å². The van der Waals surface area contributed by atoms with E-state index in [0.29, 0.717) is 13.1 Å². The summed E-state index contributed by atoms with van der Waals surface area (Å²) < 4.78 is 5.76. The first-order valence-electron chi connectivity index (χ1n) is 14.7. The van der Waals surface area contributed by atoms with E-state index in [1.54, 1.807) is 0 Å². The minimum atomic E-state index is -0.471. The molecule has 2 amide bonds. The Hall–Kier alpha value is -3.32. The van der Waals surface area contributed by atoms with E-state index in [0.717, 1.165) is 54.1 Å². The third-order valence-electron chi connectivity index (χ3n) is 8.81. The van der Waals surface area contributed by atoms with Crippen molar-refractivity contribution in [2.75, 3.05) is 13.1 Å². The quantitative estimate of drug-likeness (QED) is 0.385. The first-order valence-corrected chi connectivity index (χ1v) is 14.7. The molecule has 3 aliphatic rings. The van der Waals surface area contributed by atoms with Gasteiger partial charge in [0.2, 0.25) is 5.91 Å². The summed E-state index contributed by atoms with van der Waals surface area (Å²) in [6.07, 6.45) is 8.06. The summed E-state index contributed by atoms with van der Waals surface area (Å²) in [6.45, 7) is 5.38. The summed E-state index contributed by atoms with van der Waals surface area (Å²) >= 11 is 0. The van der Waals surface area contributed by atoms with Crippen LogP contribution in [0, 0.1) is 5.92 Å². The fraction of sp³-hybridized carbons (Fsp3) is 0.515. The molecule has 6 rings (SSSR count). The van der Waals surface area contributed by atoms with E-state index in [2.05, 4.69) is 17.1 Å². The Labute approximate surface area is 239 Å². The van der Waals surface area contributed by atoms with Crippen molar-refractivity contribution in [1.29, 1.82) is 0 Å². The number of nitrogens with zero attached hydrogens (tertiary/aromatic N) is 2. The Morgan fingerprint density at radius 1 is 0.975 bits per heavy atom. The average molecular weight is 547 g/mol. The number of para-hydroxylation sites is 1. The predicted octanol–water partition coefficient (Wildman–Crippen LogP) is 6.44. The number of carbonyl (C=O) groups excluding carboxylic acids is 2. The van der Waals surface area contributed by atoms with Crippen molar-refractivity contribution >= 4 is 22.9 Å². The summed E-state index contributed by atoms with van der Waals surface area (Å²) in [5.74, 6) is 0.291. The van der Waals surface area contributed by atoms with Crippen molar-refractivity contribution < 1.29 is 14.3 Å². The van der Waals surface area contributed by atoms with E-state index in [4.69, 9.17) is 10.5 Å². The molecule has 0 spiro atoms. The topological polar surface area (TPSA) is 91.7 Å². The molecule has 7 nitrogen and oxygen atoms in total. The Morgan fingerprint density at radius 2 is 1.68 bits per heavy atom. The van der Waals surface area contributed by atoms with Crippen molar-refractivity contribution in [2.45, 2.75) is 90.4 Å². The highest BCUT2D eigenvalue weighted by atomic mass is 16.6. The number of aromatic amines is 1. The van der Waals surface area contributed by atoms with Gasteiger partial charge < -0.3 is 25.3 Å². The van der Waals surface area contributed by atoms with Gasteiger partial charge >= 0.3 is 6.09 Å². The number of hydrogen-bond acceptors (Lipinski definition) is 4. The summed E-state index contributed by atoms with van der Waals surface area (Å²) in [4.78, 5) is 34.4. The Balaban J connectivity index is 0.00000121. The molecule has 2 saturated heterocycles. The Morgan fingerprint density at radius 3 is 2.42 bits per heavy atom. The second-order valence-electron chi connectivity index (χ2n) is 10.9. The molecule has 1 saturated carbocycles. The van der Waals surface area contributed by atoms with Crippen LogP contribution in [0.1, 0.15) is 76.8 Å². The second-order valence-corrected chi connectivity index (χ2v) is 10.9. The number of fused-ring (bicyclic) bond motifs is 2. The molecule has 3 unspecified atom stereocenters. The maximum Gasteiger partial charge on any atom is 0.410 e. The fourth-order valence-electron chi connectivity index (χ4n) is 6.92. The first kappa shape index (κ1) is 29.7. The van der Waals surface area contributed by atoms with Crippen LogP contribution in [0.15, 0.2) is 60.8 Å². The van der Waals surface area contributed by atoms with Gasteiger partial charge in [-0.2, -0.15) is 0 Å². The molecule has 0 radical (unpaired) electrons. The maximum absolute atomic E-state index is 13.8. The van der Waals surface area contributed by atoms with Crippen LogP contribution in [0.2, 0.25) is 0 Å². The number of H-pyrrole nitrogens is 1. The highest BCUT2D eigenvalue weighted by molar-refractivity contribution is 5.86. The Kier molecular flexibility index (Phi) is 9.90. The van der Waals surface area contributed by atoms with Gasteiger partial charge in [0.1, 0.15) is 6.61 Å². The second kappa shape index (κ2) is 13.4. The lowest BCUT2D eigenvalue weighted by atomic mass is 9.83. The zero-order valence-corrected chi connectivity index (χ0v) is 23.2. The van der Waals surface area contributed by atoms with Crippen LogP contribution in [0.5, 0.6) is 0 Å². The number of carbonyl (C=O) groups is 2. The van der Waals surface area contributed by atoms with Gasteiger partial charge in [0.25, 0.3) is 0 Å². The van der Waals surface area contributed by atoms with Crippen molar-refractivity contribution in [2.24, 2.45) is 11.7 Å². The average Bonchev–Trinajstić information content (AvgIpc) is 3.72. The molecule has 216 valence electrons. The van der Waals surface area contributed by atoms with Crippen LogP contribution in [0.25, 0.3) is 10.9 Å². The van der Waals surface area contributed by atoms with Crippen LogP contribution in [0.4, 0.5) is 4.79 Å². The molecule has 3 heterocycles. The van der Waals surface area contributed by atoms with Crippen LogP contribution in [0.3, 0.4) is 0 Å². The van der Waals surface area contributed by atoms with Gasteiger partial charge in [-0.05, 0) is 42.4 Å². The summed E-state index contributed by atoms with van der Waals surface area (Å²) in [5, 5.41) is 1.14. The van der Waals surface area contributed by atoms with E-state index in [1.807, 2.05) is 72.3 Å².